The second-order valence-corrected chi connectivity index (χ2v) is 7.67. The number of amides is 2. The first kappa shape index (κ1) is 22.9. The van der Waals surface area contributed by atoms with Gasteiger partial charge in [0.1, 0.15) is 22.9 Å². The lowest BCUT2D eigenvalue weighted by molar-refractivity contribution is -0.136. The van der Waals surface area contributed by atoms with Crippen LogP contribution >= 0.6 is 0 Å². The molecule has 0 unspecified atom stereocenters. The third-order valence-electron chi connectivity index (χ3n) is 5.68. The molecular formula is C27H26N2O5. The zero-order chi connectivity index (χ0) is 24.1. The van der Waals surface area contributed by atoms with Crippen LogP contribution in [0, 0.1) is 0 Å². The summed E-state index contributed by atoms with van der Waals surface area (Å²) < 4.78 is 16.0. The highest BCUT2D eigenvalue weighted by Gasteiger charge is 2.39. The maximum Gasteiger partial charge on any atom is 0.278 e. The second-order valence-electron chi connectivity index (χ2n) is 7.67. The molecular weight excluding hydrogens is 432 g/mol. The van der Waals surface area contributed by atoms with Gasteiger partial charge in [0, 0.05) is 12.6 Å². The van der Waals surface area contributed by atoms with Gasteiger partial charge in [0.25, 0.3) is 11.8 Å². The van der Waals surface area contributed by atoms with Crippen LogP contribution in [0.25, 0.3) is 5.57 Å². The molecule has 7 nitrogen and oxygen atoms in total. The lowest BCUT2D eigenvalue weighted by atomic mass is 10.0. The van der Waals surface area contributed by atoms with Crippen LogP contribution < -0.4 is 19.5 Å². The van der Waals surface area contributed by atoms with Gasteiger partial charge in [0.05, 0.1) is 32.6 Å². The molecule has 34 heavy (non-hydrogen) atoms. The Bertz CT molecular complexity index is 1220. The molecule has 1 N–H and O–H groups in total. The minimum absolute atomic E-state index is 0.206. The molecule has 0 saturated carbocycles. The van der Waals surface area contributed by atoms with Crippen molar-refractivity contribution in [1.82, 2.24) is 4.90 Å². The van der Waals surface area contributed by atoms with Crippen molar-refractivity contribution >= 4 is 23.1 Å². The Kier molecular flexibility index (Phi) is 6.82. The van der Waals surface area contributed by atoms with E-state index >= 15 is 0 Å². The highest BCUT2D eigenvalue weighted by Crippen LogP contribution is 2.35. The molecule has 0 aliphatic carbocycles. The number of hydrogen-bond donors (Lipinski definition) is 1. The highest BCUT2D eigenvalue weighted by atomic mass is 16.5. The Morgan fingerprint density at radius 2 is 1.44 bits per heavy atom. The van der Waals surface area contributed by atoms with Gasteiger partial charge < -0.3 is 19.5 Å². The van der Waals surface area contributed by atoms with E-state index in [2.05, 4.69) is 5.32 Å². The van der Waals surface area contributed by atoms with Crippen LogP contribution in [0.15, 0.2) is 78.5 Å². The maximum atomic E-state index is 13.5. The van der Waals surface area contributed by atoms with E-state index in [0.29, 0.717) is 34.7 Å². The molecule has 3 aromatic rings. The molecule has 0 saturated heterocycles. The predicted molar refractivity (Wildman–Crippen MR) is 130 cm³/mol. The van der Waals surface area contributed by atoms with Gasteiger partial charge in [-0.15, -0.1) is 0 Å². The van der Waals surface area contributed by atoms with E-state index in [4.69, 9.17) is 14.2 Å². The zero-order valence-electron chi connectivity index (χ0n) is 19.3. The fourth-order valence-electron chi connectivity index (χ4n) is 3.85. The number of nitrogens with one attached hydrogen (secondary N) is 1. The standard InChI is InChI=1S/C27H26N2O5/c1-32-20-11-9-18(10-12-20)15-16-29-26(30)24(19-7-5-4-6-8-19)25(27(29)31)28-22-17-21(33-2)13-14-23(22)34-3/h4-14,17,28H,15-16H2,1-3H3. The number of carbonyl (C=O) groups is 2. The fraction of sp³-hybridized carbons (Fsp3) is 0.185. The number of benzene rings is 3. The van der Waals surface area contributed by atoms with Crippen LogP contribution in [0.3, 0.4) is 0 Å². The minimum Gasteiger partial charge on any atom is -0.497 e. The van der Waals surface area contributed by atoms with Gasteiger partial charge in [0.15, 0.2) is 0 Å². The molecule has 2 amide bonds. The largest absolute Gasteiger partial charge is 0.497 e. The minimum atomic E-state index is -0.387. The van der Waals surface area contributed by atoms with Crippen molar-refractivity contribution in [2.45, 2.75) is 6.42 Å². The Balaban J connectivity index is 1.66. The molecule has 0 fully saturated rings. The van der Waals surface area contributed by atoms with Gasteiger partial charge >= 0.3 is 0 Å². The summed E-state index contributed by atoms with van der Waals surface area (Å²) in [6.07, 6.45) is 0.527. The summed E-state index contributed by atoms with van der Waals surface area (Å²) >= 11 is 0. The Labute approximate surface area is 198 Å². The lowest BCUT2D eigenvalue weighted by Crippen LogP contribution is -2.34. The summed E-state index contributed by atoms with van der Waals surface area (Å²) in [7, 11) is 4.72. The summed E-state index contributed by atoms with van der Waals surface area (Å²) in [5.74, 6) is 1.15. The van der Waals surface area contributed by atoms with Crippen molar-refractivity contribution in [3.05, 3.63) is 89.6 Å². The smallest absolute Gasteiger partial charge is 0.278 e. The molecule has 1 heterocycles. The zero-order valence-corrected chi connectivity index (χ0v) is 19.3. The summed E-state index contributed by atoms with van der Waals surface area (Å²) in [6, 6.07) is 22.0. The van der Waals surface area contributed by atoms with Gasteiger partial charge in [-0.1, -0.05) is 42.5 Å². The Morgan fingerprint density at radius 3 is 2.09 bits per heavy atom. The van der Waals surface area contributed by atoms with Gasteiger partial charge in [-0.3, -0.25) is 14.5 Å². The number of imide groups is 1. The van der Waals surface area contributed by atoms with Crippen LogP contribution in [0.4, 0.5) is 5.69 Å². The van der Waals surface area contributed by atoms with Crippen molar-refractivity contribution in [2.75, 3.05) is 33.2 Å². The maximum absolute atomic E-state index is 13.5. The number of nitrogens with zero attached hydrogens (tertiary/aromatic N) is 1. The molecule has 3 aromatic carbocycles. The molecule has 0 atom stereocenters. The Hall–Kier alpha value is -4.26. The average molecular weight is 459 g/mol. The van der Waals surface area contributed by atoms with Gasteiger partial charge in [-0.05, 0) is 41.8 Å². The lowest BCUT2D eigenvalue weighted by Gasteiger charge is -2.16. The molecule has 1 aliphatic heterocycles. The summed E-state index contributed by atoms with van der Waals surface area (Å²) in [6.45, 7) is 0.251. The van der Waals surface area contributed by atoms with E-state index < -0.39 is 0 Å². The van der Waals surface area contributed by atoms with Gasteiger partial charge in [0.2, 0.25) is 0 Å². The van der Waals surface area contributed by atoms with E-state index in [0.717, 1.165) is 11.3 Å². The van der Waals surface area contributed by atoms with Crippen LogP contribution in [-0.4, -0.2) is 44.6 Å². The number of ether oxygens (including phenoxy) is 3. The first-order valence-corrected chi connectivity index (χ1v) is 10.8. The van der Waals surface area contributed by atoms with Crippen molar-refractivity contribution in [2.24, 2.45) is 0 Å². The molecule has 0 bridgehead atoms. The third-order valence-corrected chi connectivity index (χ3v) is 5.68. The SMILES string of the molecule is COc1ccc(CCN2C(=O)C(Nc3cc(OC)ccc3OC)=C(c3ccccc3)C2=O)cc1. The highest BCUT2D eigenvalue weighted by molar-refractivity contribution is 6.36. The molecule has 4 rings (SSSR count). The quantitative estimate of drug-likeness (QED) is 0.486. The summed E-state index contributed by atoms with van der Waals surface area (Å²) in [4.78, 5) is 28.2. The van der Waals surface area contributed by atoms with Crippen LogP contribution in [0.2, 0.25) is 0 Å². The molecule has 7 heteroatoms. The van der Waals surface area contributed by atoms with Crippen LogP contribution in [-0.2, 0) is 16.0 Å². The molecule has 0 spiro atoms. The second kappa shape index (κ2) is 10.1. The Morgan fingerprint density at radius 1 is 0.765 bits per heavy atom. The third kappa shape index (κ3) is 4.59. The number of rotatable bonds is 9. The summed E-state index contributed by atoms with van der Waals surface area (Å²) in [5, 5.41) is 3.15. The van der Waals surface area contributed by atoms with E-state index in [1.54, 1.807) is 39.5 Å². The topological polar surface area (TPSA) is 77.1 Å². The first-order valence-electron chi connectivity index (χ1n) is 10.8. The van der Waals surface area contributed by atoms with Crippen molar-refractivity contribution in [3.8, 4) is 17.2 Å². The van der Waals surface area contributed by atoms with Gasteiger partial charge in [-0.25, -0.2) is 0 Å². The van der Waals surface area contributed by atoms with Crippen LogP contribution in [0.1, 0.15) is 11.1 Å². The molecule has 174 valence electrons. The predicted octanol–water partition coefficient (Wildman–Crippen LogP) is 4.15. The molecule has 1 aliphatic rings. The van der Waals surface area contributed by atoms with Crippen molar-refractivity contribution in [1.29, 1.82) is 0 Å². The van der Waals surface area contributed by atoms with Crippen molar-refractivity contribution < 1.29 is 23.8 Å². The number of carbonyl (C=O) groups excluding carboxylic acids is 2. The van der Waals surface area contributed by atoms with E-state index in [1.165, 1.54) is 4.90 Å². The monoisotopic (exact) mass is 458 g/mol. The van der Waals surface area contributed by atoms with Crippen molar-refractivity contribution in [3.63, 3.8) is 0 Å². The first-order chi connectivity index (χ1) is 16.5. The van der Waals surface area contributed by atoms with E-state index in [1.807, 2.05) is 54.6 Å². The van der Waals surface area contributed by atoms with Gasteiger partial charge in [-0.2, -0.15) is 0 Å². The average Bonchev–Trinajstić information content (AvgIpc) is 3.11. The number of methoxy groups -OCH3 is 3. The molecule has 0 aromatic heterocycles. The number of hydrogen-bond acceptors (Lipinski definition) is 6. The van der Waals surface area contributed by atoms with Crippen LogP contribution in [0.5, 0.6) is 17.2 Å². The molecule has 0 radical (unpaired) electrons. The van der Waals surface area contributed by atoms with E-state index in [9.17, 15) is 9.59 Å². The summed E-state index contributed by atoms with van der Waals surface area (Å²) in [5.41, 5.74) is 2.72. The number of anilines is 1. The normalized spacial score (nSPS) is 13.3. The van der Waals surface area contributed by atoms with E-state index in [-0.39, 0.29) is 24.1 Å². The fourth-order valence-corrected chi connectivity index (χ4v) is 3.85.